The van der Waals surface area contributed by atoms with E-state index in [-0.39, 0.29) is 12.0 Å². The molecule has 1 aliphatic rings. The highest BCUT2D eigenvalue weighted by Gasteiger charge is 2.36. The summed E-state index contributed by atoms with van der Waals surface area (Å²) < 4.78 is 5.37. The van der Waals surface area contributed by atoms with Crippen molar-refractivity contribution in [3.8, 4) is 5.75 Å². The molecule has 1 aliphatic heterocycles. The SMILES string of the molecule is COc1ccc(C)cc1C(C)N1CC(C(=O)O)C1. The van der Waals surface area contributed by atoms with Gasteiger partial charge >= 0.3 is 5.97 Å². The molecule has 1 N–H and O–H groups in total. The van der Waals surface area contributed by atoms with Gasteiger partial charge in [0.1, 0.15) is 5.75 Å². The highest BCUT2D eigenvalue weighted by Crippen LogP contribution is 2.34. The third-order valence-corrected chi connectivity index (χ3v) is 3.64. The van der Waals surface area contributed by atoms with Crippen LogP contribution in [0.25, 0.3) is 0 Å². The fourth-order valence-electron chi connectivity index (χ4n) is 2.36. The topological polar surface area (TPSA) is 49.8 Å². The Morgan fingerprint density at radius 2 is 2.17 bits per heavy atom. The molecule has 98 valence electrons. The summed E-state index contributed by atoms with van der Waals surface area (Å²) in [6, 6.07) is 6.29. The minimum Gasteiger partial charge on any atom is -0.496 e. The Morgan fingerprint density at radius 1 is 1.50 bits per heavy atom. The molecule has 1 aromatic rings. The number of carboxylic acid groups (broad SMARTS) is 1. The van der Waals surface area contributed by atoms with Gasteiger partial charge in [-0.15, -0.1) is 0 Å². The summed E-state index contributed by atoms with van der Waals surface area (Å²) in [6.45, 7) is 5.38. The molecule has 1 unspecified atom stereocenters. The second kappa shape index (κ2) is 4.98. The van der Waals surface area contributed by atoms with E-state index in [9.17, 15) is 4.79 Å². The van der Waals surface area contributed by atoms with Gasteiger partial charge in [-0.1, -0.05) is 17.7 Å². The lowest BCUT2D eigenvalue weighted by Gasteiger charge is -2.41. The first-order valence-corrected chi connectivity index (χ1v) is 6.14. The number of methoxy groups -OCH3 is 1. The molecular formula is C14H19NO3. The Hall–Kier alpha value is -1.55. The van der Waals surface area contributed by atoms with E-state index in [2.05, 4.69) is 17.9 Å². The van der Waals surface area contributed by atoms with E-state index in [1.807, 2.05) is 19.1 Å². The van der Waals surface area contributed by atoms with Gasteiger partial charge < -0.3 is 9.84 Å². The molecule has 2 rings (SSSR count). The third-order valence-electron chi connectivity index (χ3n) is 3.64. The number of hydrogen-bond donors (Lipinski definition) is 1. The molecule has 18 heavy (non-hydrogen) atoms. The third kappa shape index (κ3) is 2.34. The number of ether oxygens (including phenoxy) is 1. The molecule has 1 fully saturated rings. The zero-order chi connectivity index (χ0) is 13.3. The lowest BCUT2D eigenvalue weighted by molar-refractivity contribution is -0.148. The maximum Gasteiger partial charge on any atom is 0.309 e. The van der Waals surface area contributed by atoms with E-state index < -0.39 is 5.97 Å². The van der Waals surface area contributed by atoms with Gasteiger partial charge in [0.2, 0.25) is 0 Å². The maximum absolute atomic E-state index is 10.8. The summed E-state index contributed by atoms with van der Waals surface area (Å²) in [5.74, 6) is -0.0511. The van der Waals surface area contributed by atoms with Crippen LogP contribution < -0.4 is 4.74 Å². The molecule has 1 aromatic carbocycles. The number of hydrogen-bond acceptors (Lipinski definition) is 3. The number of carbonyl (C=O) groups is 1. The fraction of sp³-hybridized carbons (Fsp3) is 0.500. The number of carboxylic acids is 1. The van der Waals surface area contributed by atoms with Gasteiger partial charge in [-0.25, -0.2) is 0 Å². The highest BCUT2D eigenvalue weighted by molar-refractivity contribution is 5.71. The average Bonchev–Trinajstić information content (AvgIpc) is 2.26. The molecule has 0 radical (unpaired) electrons. The standard InChI is InChI=1S/C14H19NO3/c1-9-4-5-13(18-3)12(6-9)10(2)15-7-11(8-15)14(16)17/h4-6,10-11H,7-8H2,1-3H3,(H,16,17). The first-order valence-electron chi connectivity index (χ1n) is 6.14. The monoisotopic (exact) mass is 249 g/mol. The lowest BCUT2D eigenvalue weighted by Crippen LogP contribution is -2.51. The molecule has 0 bridgehead atoms. The van der Waals surface area contributed by atoms with E-state index in [4.69, 9.17) is 9.84 Å². The Balaban J connectivity index is 2.12. The van der Waals surface area contributed by atoms with Crippen LogP contribution in [0.1, 0.15) is 24.1 Å². The van der Waals surface area contributed by atoms with E-state index >= 15 is 0 Å². The summed E-state index contributed by atoms with van der Waals surface area (Å²) in [5.41, 5.74) is 2.31. The Labute approximate surface area is 107 Å². The minimum atomic E-state index is -0.699. The Kier molecular flexibility index (Phi) is 3.57. The molecule has 4 heteroatoms. The zero-order valence-electron chi connectivity index (χ0n) is 11.0. The Bertz CT molecular complexity index is 452. The van der Waals surface area contributed by atoms with Gasteiger partial charge in [-0.2, -0.15) is 0 Å². The number of likely N-dealkylation sites (tertiary alicyclic amines) is 1. The average molecular weight is 249 g/mol. The van der Waals surface area contributed by atoms with Crippen molar-refractivity contribution in [2.75, 3.05) is 20.2 Å². The summed E-state index contributed by atoms with van der Waals surface area (Å²) in [5, 5.41) is 8.90. The smallest absolute Gasteiger partial charge is 0.309 e. The second-order valence-corrected chi connectivity index (χ2v) is 4.91. The van der Waals surface area contributed by atoms with Crippen molar-refractivity contribution in [3.05, 3.63) is 29.3 Å². The molecule has 1 atom stereocenters. The van der Waals surface area contributed by atoms with Crippen molar-refractivity contribution >= 4 is 5.97 Å². The summed E-state index contributed by atoms with van der Waals surface area (Å²) in [4.78, 5) is 13.0. The van der Waals surface area contributed by atoms with Crippen molar-refractivity contribution in [2.45, 2.75) is 19.9 Å². The van der Waals surface area contributed by atoms with Gasteiger partial charge in [0, 0.05) is 24.7 Å². The lowest BCUT2D eigenvalue weighted by atomic mass is 9.94. The highest BCUT2D eigenvalue weighted by atomic mass is 16.5. The van der Waals surface area contributed by atoms with Crippen molar-refractivity contribution in [1.29, 1.82) is 0 Å². The van der Waals surface area contributed by atoms with Crippen molar-refractivity contribution < 1.29 is 14.6 Å². The number of aliphatic carboxylic acids is 1. The summed E-state index contributed by atoms with van der Waals surface area (Å²) in [6.07, 6.45) is 0. The van der Waals surface area contributed by atoms with Crippen LogP contribution >= 0.6 is 0 Å². The molecule has 1 saturated heterocycles. The van der Waals surface area contributed by atoms with Crippen LogP contribution in [0.5, 0.6) is 5.75 Å². The van der Waals surface area contributed by atoms with Crippen LogP contribution in [0.15, 0.2) is 18.2 Å². The van der Waals surface area contributed by atoms with Gasteiger partial charge in [-0.05, 0) is 19.9 Å². The molecule has 0 saturated carbocycles. The first kappa shape index (κ1) is 12.9. The molecular weight excluding hydrogens is 230 g/mol. The van der Waals surface area contributed by atoms with Crippen LogP contribution in [0.4, 0.5) is 0 Å². The van der Waals surface area contributed by atoms with Gasteiger partial charge in [0.25, 0.3) is 0 Å². The van der Waals surface area contributed by atoms with Crippen molar-refractivity contribution in [1.82, 2.24) is 4.90 Å². The number of nitrogens with zero attached hydrogens (tertiary/aromatic N) is 1. The molecule has 1 heterocycles. The van der Waals surface area contributed by atoms with Crippen LogP contribution in [0, 0.1) is 12.8 Å². The van der Waals surface area contributed by atoms with Crippen molar-refractivity contribution in [2.24, 2.45) is 5.92 Å². The largest absolute Gasteiger partial charge is 0.496 e. The van der Waals surface area contributed by atoms with Crippen LogP contribution in [-0.4, -0.2) is 36.2 Å². The van der Waals surface area contributed by atoms with Crippen molar-refractivity contribution in [3.63, 3.8) is 0 Å². The maximum atomic E-state index is 10.8. The predicted octanol–water partition coefficient (Wildman–Crippen LogP) is 2.08. The first-order chi connectivity index (χ1) is 8.52. The van der Waals surface area contributed by atoms with E-state index in [1.54, 1.807) is 7.11 Å². The zero-order valence-corrected chi connectivity index (χ0v) is 11.0. The van der Waals surface area contributed by atoms with Gasteiger partial charge in [-0.3, -0.25) is 9.69 Å². The van der Waals surface area contributed by atoms with Crippen LogP contribution in [-0.2, 0) is 4.79 Å². The molecule has 0 aromatic heterocycles. The molecule has 0 amide bonds. The minimum absolute atomic E-state index is 0.190. The molecule has 0 aliphatic carbocycles. The summed E-state index contributed by atoms with van der Waals surface area (Å²) >= 11 is 0. The number of aryl methyl sites for hydroxylation is 1. The van der Waals surface area contributed by atoms with Gasteiger partial charge in [0.05, 0.1) is 13.0 Å². The van der Waals surface area contributed by atoms with Gasteiger partial charge in [0.15, 0.2) is 0 Å². The van der Waals surface area contributed by atoms with E-state index in [0.717, 1.165) is 11.3 Å². The molecule has 4 nitrogen and oxygen atoms in total. The fourth-order valence-corrected chi connectivity index (χ4v) is 2.36. The van der Waals surface area contributed by atoms with Crippen LogP contribution in [0.2, 0.25) is 0 Å². The number of rotatable bonds is 4. The second-order valence-electron chi connectivity index (χ2n) is 4.91. The molecule has 0 spiro atoms. The quantitative estimate of drug-likeness (QED) is 0.887. The predicted molar refractivity (Wildman–Crippen MR) is 68.8 cm³/mol. The van der Waals surface area contributed by atoms with Crippen LogP contribution in [0.3, 0.4) is 0 Å². The number of benzene rings is 1. The van der Waals surface area contributed by atoms with E-state index in [0.29, 0.717) is 13.1 Å². The summed E-state index contributed by atoms with van der Waals surface area (Å²) in [7, 11) is 1.66. The normalized spacial score (nSPS) is 18.2. The Morgan fingerprint density at radius 3 is 2.72 bits per heavy atom. The van der Waals surface area contributed by atoms with E-state index in [1.165, 1.54) is 5.56 Å².